The maximum Gasteiger partial charge on any atom is 0.0587 e. The van der Waals surface area contributed by atoms with E-state index in [0.29, 0.717) is 5.41 Å². The highest BCUT2D eigenvalue weighted by Gasteiger charge is 2.52. The largest absolute Gasteiger partial charge is 0.383 e. The predicted octanol–water partition coefficient (Wildman–Crippen LogP) is 2.46. The summed E-state index contributed by atoms with van der Waals surface area (Å²) >= 11 is 0. The maximum absolute atomic E-state index is 5.48. The second-order valence-corrected chi connectivity index (χ2v) is 6.13. The van der Waals surface area contributed by atoms with Crippen molar-refractivity contribution in [1.29, 1.82) is 0 Å². The summed E-state index contributed by atoms with van der Waals surface area (Å²) in [7, 11) is 1.77. The third kappa shape index (κ3) is 3.94. The maximum atomic E-state index is 5.48. The average Bonchev–Trinajstić information content (AvgIpc) is 2.99. The van der Waals surface area contributed by atoms with Gasteiger partial charge in [-0.05, 0) is 56.3 Å². The first-order valence-electron chi connectivity index (χ1n) is 7.57. The quantitative estimate of drug-likeness (QED) is 0.608. The van der Waals surface area contributed by atoms with E-state index in [1.807, 2.05) is 0 Å². The van der Waals surface area contributed by atoms with Crippen LogP contribution in [0.15, 0.2) is 0 Å². The second-order valence-electron chi connectivity index (χ2n) is 6.13. The van der Waals surface area contributed by atoms with Gasteiger partial charge < -0.3 is 14.8 Å². The fourth-order valence-electron chi connectivity index (χ4n) is 3.66. The highest BCUT2D eigenvalue weighted by molar-refractivity contribution is 5.04. The van der Waals surface area contributed by atoms with Crippen molar-refractivity contribution in [2.75, 3.05) is 40.0 Å². The highest BCUT2D eigenvalue weighted by atomic mass is 16.5. The molecule has 2 atom stereocenters. The molecule has 0 amide bonds. The van der Waals surface area contributed by atoms with Gasteiger partial charge in [0.15, 0.2) is 0 Å². The summed E-state index contributed by atoms with van der Waals surface area (Å²) in [6.07, 6.45) is 6.96. The van der Waals surface area contributed by atoms with Gasteiger partial charge in [-0.3, -0.25) is 0 Å². The van der Waals surface area contributed by atoms with E-state index in [0.717, 1.165) is 38.2 Å². The van der Waals surface area contributed by atoms with Crippen LogP contribution in [0, 0.1) is 17.3 Å². The van der Waals surface area contributed by atoms with Crippen molar-refractivity contribution in [2.45, 2.75) is 39.0 Å². The van der Waals surface area contributed by atoms with Crippen LogP contribution in [-0.4, -0.2) is 40.0 Å². The number of rotatable bonds is 10. The molecular formula is C15H29NO2. The summed E-state index contributed by atoms with van der Waals surface area (Å²) in [5.74, 6) is 2.11. The number of ether oxygens (including phenoxy) is 2. The Labute approximate surface area is 112 Å². The molecule has 0 radical (unpaired) electrons. The Morgan fingerprint density at radius 2 is 2.00 bits per heavy atom. The van der Waals surface area contributed by atoms with Crippen molar-refractivity contribution in [2.24, 2.45) is 17.3 Å². The highest BCUT2D eigenvalue weighted by Crippen LogP contribution is 2.61. The van der Waals surface area contributed by atoms with Crippen LogP contribution >= 0.6 is 0 Å². The molecular weight excluding hydrogens is 226 g/mol. The van der Waals surface area contributed by atoms with Crippen LogP contribution in [0.1, 0.15) is 39.0 Å². The van der Waals surface area contributed by atoms with Gasteiger partial charge in [0.05, 0.1) is 6.61 Å². The zero-order valence-electron chi connectivity index (χ0n) is 12.0. The molecule has 2 rings (SSSR count). The van der Waals surface area contributed by atoms with Crippen LogP contribution in [0.5, 0.6) is 0 Å². The molecule has 2 unspecified atom stereocenters. The van der Waals surface area contributed by atoms with E-state index < -0.39 is 0 Å². The van der Waals surface area contributed by atoms with Crippen LogP contribution < -0.4 is 5.32 Å². The van der Waals surface area contributed by atoms with Gasteiger partial charge in [0, 0.05) is 33.4 Å². The SMILES string of the molecule is CCOCCCC1(CNCCOC)CC2CC2C1. The predicted molar refractivity (Wildman–Crippen MR) is 73.7 cm³/mol. The lowest BCUT2D eigenvalue weighted by Crippen LogP contribution is -2.35. The zero-order valence-corrected chi connectivity index (χ0v) is 12.0. The molecule has 106 valence electrons. The van der Waals surface area contributed by atoms with Gasteiger partial charge in [0.2, 0.25) is 0 Å². The molecule has 3 heteroatoms. The van der Waals surface area contributed by atoms with Crippen molar-refractivity contribution < 1.29 is 9.47 Å². The Kier molecular flexibility index (Phi) is 5.46. The topological polar surface area (TPSA) is 30.5 Å². The summed E-state index contributed by atoms with van der Waals surface area (Å²) in [6, 6.07) is 0. The lowest BCUT2D eigenvalue weighted by molar-refractivity contribution is 0.122. The summed E-state index contributed by atoms with van der Waals surface area (Å²) in [5.41, 5.74) is 0.568. The fraction of sp³-hybridized carbons (Fsp3) is 1.00. The van der Waals surface area contributed by atoms with Crippen molar-refractivity contribution in [3.8, 4) is 0 Å². The molecule has 18 heavy (non-hydrogen) atoms. The minimum Gasteiger partial charge on any atom is -0.383 e. The van der Waals surface area contributed by atoms with Crippen LogP contribution in [0.4, 0.5) is 0 Å². The van der Waals surface area contributed by atoms with Crippen molar-refractivity contribution >= 4 is 0 Å². The Balaban J connectivity index is 1.69. The third-order valence-corrected chi connectivity index (χ3v) is 4.64. The van der Waals surface area contributed by atoms with Crippen molar-refractivity contribution in [3.63, 3.8) is 0 Å². The first-order chi connectivity index (χ1) is 8.79. The Morgan fingerprint density at radius 1 is 1.22 bits per heavy atom. The van der Waals surface area contributed by atoms with Crippen molar-refractivity contribution in [3.05, 3.63) is 0 Å². The molecule has 1 N–H and O–H groups in total. The summed E-state index contributed by atoms with van der Waals surface area (Å²) < 4.78 is 10.6. The van der Waals surface area contributed by atoms with E-state index in [2.05, 4.69) is 12.2 Å². The monoisotopic (exact) mass is 255 g/mol. The standard InChI is InChI=1S/C15H29NO2/c1-3-18-7-4-5-15(12-16-6-8-17-2)10-13-9-14(13)11-15/h13-14,16H,3-12H2,1-2H3. The van der Waals surface area contributed by atoms with Crippen LogP contribution in [0.3, 0.4) is 0 Å². The summed E-state index contributed by atoms with van der Waals surface area (Å²) in [6.45, 7) is 6.85. The van der Waals surface area contributed by atoms with Crippen LogP contribution in [-0.2, 0) is 9.47 Å². The summed E-state index contributed by atoms with van der Waals surface area (Å²) in [5, 5.41) is 3.59. The van der Waals surface area contributed by atoms with E-state index in [4.69, 9.17) is 9.47 Å². The first-order valence-corrected chi connectivity index (χ1v) is 7.57. The van der Waals surface area contributed by atoms with Gasteiger partial charge in [-0.25, -0.2) is 0 Å². The minimum atomic E-state index is 0.568. The van der Waals surface area contributed by atoms with Gasteiger partial charge in [-0.1, -0.05) is 0 Å². The molecule has 2 aliphatic carbocycles. The van der Waals surface area contributed by atoms with Crippen LogP contribution in [0.2, 0.25) is 0 Å². The normalized spacial score (nSPS) is 33.7. The van der Waals surface area contributed by atoms with E-state index in [1.165, 1.54) is 38.6 Å². The van der Waals surface area contributed by atoms with E-state index in [9.17, 15) is 0 Å². The Hall–Kier alpha value is -0.120. The van der Waals surface area contributed by atoms with Gasteiger partial charge in [-0.15, -0.1) is 0 Å². The Morgan fingerprint density at radius 3 is 2.67 bits per heavy atom. The van der Waals surface area contributed by atoms with E-state index in [-0.39, 0.29) is 0 Å². The molecule has 0 aliphatic heterocycles. The van der Waals surface area contributed by atoms with E-state index in [1.54, 1.807) is 7.11 Å². The molecule has 2 saturated carbocycles. The summed E-state index contributed by atoms with van der Waals surface area (Å²) in [4.78, 5) is 0. The number of methoxy groups -OCH3 is 1. The van der Waals surface area contributed by atoms with Gasteiger partial charge in [0.25, 0.3) is 0 Å². The van der Waals surface area contributed by atoms with Crippen molar-refractivity contribution in [1.82, 2.24) is 5.32 Å². The third-order valence-electron chi connectivity index (χ3n) is 4.64. The molecule has 0 spiro atoms. The lowest BCUT2D eigenvalue weighted by Gasteiger charge is -2.31. The van der Waals surface area contributed by atoms with Gasteiger partial charge >= 0.3 is 0 Å². The van der Waals surface area contributed by atoms with E-state index >= 15 is 0 Å². The Bertz CT molecular complexity index is 221. The zero-order chi connectivity index (χ0) is 12.8. The molecule has 0 saturated heterocycles. The minimum absolute atomic E-state index is 0.568. The van der Waals surface area contributed by atoms with Gasteiger partial charge in [0.1, 0.15) is 0 Å². The molecule has 3 nitrogen and oxygen atoms in total. The number of hydrogen-bond acceptors (Lipinski definition) is 3. The smallest absolute Gasteiger partial charge is 0.0587 e. The molecule has 0 heterocycles. The number of hydrogen-bond donors (Lipinski definition) is 1. The average molecular weight is 255 g/mol. The number of nitrogens with one attached hydrogen (secondary N) is 1. The van der Waals surface area contributed by atoms with Gasteiger partial charge in [-0.2, -0.15) is 0 Å². The molecule has 2 fully saturated rings. The molecule has 0 aromatic rings. The number of fused-ring (bicyclic) bond motifs is 1. The fourth-order valence-corrected chi connectivity index (χ4v) is 3.66. The first kappa shape index (κ1) is 14.3. The lowest BCUT2D eigenvalue weighted by atomic mass is 9.78. The van der Waals surface area contributed by atoms with Crippen LogP contribution in [0.25, 0.3) is 0 Å². The second kappa shape index (κ2) is 6.88. The molecule has 0 aromatic carbocycles. The molecule has 0 bridgehead atoms. The molecule has 0 aromatic heterocycles. The molecule has 2 aliphatic rings.